The van der Waals surface area contributed by atoms with E-state index in [1.54, 1.807) is 0 Å². The number of aryl methyl sites for hydroxylation is 3. The molecular formula is C32H39N5. The standard InChI is InChI=1S/C32H39N5/c1-10-21-19(6)26-16-29-22(11-2)18(5)25(34-29)15-27-20(7)23(12-3)31(36-27)32(37(8)9)30-13-17(4)24(33-30)14-28(21)35-26/h13-16,33-34H,10-12H2,1-9H3. The molecule has 0 saturated carbocycles. The Morgan fingerprint density at radius 1 is 0.649 bits per heavy atom. The van der Waals surface area contributed by atoms with Crippen molar-refractivity contribution in [2.75, 3.05) is 19.0 Å². The molecule has 2 N–H and O–H groups in total. The maximum absolute atomic E-state index is 5.25. The second kappa shape index (κ2) is 9.37. The Kier molecular flexibility index (Phi) is 6.35. The SMILES string of the molecule is CCC1=C(C)c2cc3[nH]c(cc4nc(c(N(C)C)c5cc(C)c(cc1n2)[nH]5)C(CC)=C4C)c(C)c3CC. The van der Waals surface area contributed by atoms with E-state index in [-0.39, 0.29) is 0 Å². The van der Waals surface area contributed by atoms with E-state index < -0.39 is 0 Å². The van der Waals surface area contributed by atoms with E-state index in [9.17, 15) is 0 Å². The summed E-state index contributed by atoms with van der Waals surface area (Å²) < 4.78 is 0. The van der Waals surface area contributed by atoms with Gasteiger partial charge in [0.25, 0.3) is 0 Å². The summed E-state index contributed by atoms with van der Waals surface area (Å²) in [6.07, 6.45) is 2.84. The van der Waals surface area contributed by atoms with Crippen LogP contribution in [0.25, 0.3) is 44.4 Å². The van der Waals surface area contributed by atoms with Crippen molar-refractivity contribution >= 4 is 50.0 Å². The van der Waals surface area contributed by atoms with Gasteiger partial charge in [0.15, 0.2) is 0 Å². The van der Waals surface area contributed by atoms with Gasteiger partial charge in [0, 0.05) is 30.6 Å². The lowest BCUT2D eigenvalue weighted by Crippen LogP contribution is -2.11. The monoisotopic (exact) mass is 493 g/mol. The smallest absolute Gasteiger partial charge is 0.0926 e. The molecule has 0 radical (unpaired) electrons. The number of hydrogen-bond donors (Lipinski definition) is 2. The fourth-order valence-electron chi connectivity index (χ4n) is 5.95. The van der Waals surface area contributed by atoms with E-state index in [2.05, 4.69) is 102 Å². The second-order valence-electron chi connectivity index (χ2n) is 10.5. The van der Waals surface area contributed by atoms with Crippen LogP contribution in [0.4, 0.5) is 5.69 Å². The van der Waals surface area contributed by atoms with Gasteiger partial charge in [-0.15, -0.1) is 0 Å². The van der Waals surface area contributed by atoms with Crippen LogP contribution in [0.3, 0.4) is 0 Å². The van der Waals surface area contributed by atoms with Crippen molar-refractivity contribution in [3.05, 3.63) is 63.7 Å². The number of rotatable bonds is 4. The maximum Gasteiger partial charge on any atom is 0.0926 e. The lowest BCUT2D eigenvalue weighted by molar-refractivity contribution is 1.10. The van der Waals surface area contributed by atoms with Gasteiger partial charge in [-0.3, -0.25) is 0 Å². The number of H-pyrrole nitrogens is 2. The topological polar surface area (TPSA) is 60.6 Å². The Balaban J connectivity index is 2.03. The summed E-state index contributed by atoms with van der Waals surface area (Å²) >= 11 is 0. The Hall–Kier alpha value is -3.60. The fourth-order valence-corrected chi connectivity index (χ4v) is 5.95. The van der Waals surface area contributed by atoms with Crippen molar-refractivity contribution in [2.45, 2.75) is 67.7 Å². The highest BCUT2D eigenvalue weighted by molar-refractivity contribution is 5.99. The zero-order valence-corrected chi connectivity index (χ0v) is 23.8. The highest BCUT2D eigenvalue weighted by Gasteiger charge is 2.22. The van der Waals surface area contributed by atoms with Gasteiger partial charge in [-0.1, -0.05) is 20.8 Å². The van der Waals surface area contributed by atoms with Crippen LogP contribution in [0.5, 0.6) is 0 Å². The van der Waals surface area contributed by atoms with E-state index in [1.165, 1.54) is 39.0 Å². The van der Waals surface area contributed by atoms with Gasteiger partial charge in [0.1, 0.15) is 0 Å². The maximum atomic E-state index is 5.25. The number of hydrogen-bond acceptors (Lipinski definition) is 3. The third kappa shape index (κ3) is 4.01. The lowest BCUT2D eigenvalue weighted by atomic mass is 10.0. The Bertz CT molecular complexity index is 1640. The molecular weight excluding hydrogens is 454 g/mol. The number of anilines is 1. The van der Waals surface area contributed by atoms with Gasteiger partial charge in [-0.25, -0.2) is 9.97 Å². The molecule has 5 rings (SSSR count). The quantitative estimate of drug-likeness (QED) is 0.385. The molecule has 0 fully saturated rings. The van der Waals surface area contributed by atoms with Gasteiger partial charge < -0.3 is 14.9 Å². The van der Waals surface area contributed by atoms with Crippen molar-refractivity contribution in [1.82, 2.24) is 19.9 Å². The lowest BCUT2D eigenvalue weighted by Gasteiger charge is -2.16. The summed E-state index contributed by atoms with van der Waals surface area (Å²) in [7, 11) is 4.21. The van der Waals surface area contributed by atoms with Crippen molar-refractivity contribution < 1.29 is 0 Å². The van der Waals surface area contributed by atoms with Gasteiger partial charge >= 0.3 is 0 Å². The fraction of sp³-hybridized carbons (Fsp3) is 0.375. The van der Waals surface area contributed by atoms with Crippen LogP contribution in [-0.2, 0) is 6.42 Å². The summed E-state index contributed by atoms with van der Waals surface area (Å²) in [5, 5.41) is 0. The first-order valence-electron chi connectivity index (χ1n) is 13.5. The molecule has 0 atom stereocenters. The predicted octanol–water partition coefficient (Wildman–Crippen LogP) is 8.24. The van der Waals surface area contributed by atoms with Gasteiger partial charge in [-0.05, 0) is 110 Å². The Morgan fingerprint density at radius 2 is 1.24 bits per heavy atom. The zero-order valence-electron chi connectivity index (χ0n) is 23.8. The van der Waals surface area contributed by atoms with Crippen LogP contribution < -0.4 is 4.90 Å². The average molecular weight is 494 g/mol. The highest BCUT2D eigenvalue weighted by atomic mass is 15.1. The number of aromatic amines is 2. The number of fused-ring (bicyclic) bond motifs is 8. The molecule has 0 aliphatic carbocycles. The molecule has 2 aliphatic heterocycles. The Labute approximate surface area is 220 Å². The summed E-state index contributed by atoms with van der Waals surface area (Å²) in [5.41, 5.74) is 18.7. The molecule has 8 bridgehead atoms. The van der Waals surface area contributed by atoms with Crippen molar-refractivity contribution in [3.8, 4) is 0 Å². The molecule has 5 heterocycles. The van der Waals surface area contributed by atoms with E-state index in [0.717, 1.165) is 69.8 Å². The minimum absolute atomic E-state index is 0.931. The molecule has 0 saturated heterocycles. The van der Waals surface area contributed by atoms with E-state index in [4.69, 9.17) is 9.97 Å². The van der Waals surface area contributed by atoms with Crippen molar-refractivity contribution in [2.24, 2.45) is 0 Å². The van der Waals surface area contributed by atoms with E-state index in [0.29, 0.717) is 0 Å². The molecule has 3 aromatic heterocycles. The predicted molar refractivity (Wildman–Crippen MR) is 160 cm³/mol. The van der Waals surface area contributed by atoms with Crippen LogP contribution in [0, 0.1) is 13.8 Å². The van der Waals surface area contributed by atoms with E-state index in [1.807, 2.05) is 0 Å². The molecule has 0 aromatic carbocycles. The first-order chi connectivity index (χ1) is 17.7. The molecule has 0 amide bonds. The number of nitrogens with zero attached hydrogens (tertiary/aromatic N) is 3. The number of allylic oxidation sites excluding steroid dienone is 4. The summed E-state index contributed by atoms with van der Waals surface area (Å²) in [6, 6.07) is 8.93. The van der Waals surface area contributed by atoms with Crippen LogP contribution in [0.1, 0.15) is 86.9 Å². The van der Waals surface area contributed by atoms with Gasteiger partial charge in [-0.2, -0.15) is 0 Å². The first kappa shape index (κ1) is 25.1. The minimum Gasteiger partial charge on any atom is -0.374 e. The van der Waals surface area contributed by atoms with Crippen LogP contribution in [-0.4, -0.2) is 34.0 Å². The van der Waals surface area contributed by atoms with Gasteiger partial charge in [0.05, 0.1) is 34.0 Å². The Morgan fingerprint density at radius 3 is 1.89 bits per heavy atom. The van der Waals surface area contributed by atoms with Crippen molar-refractivity contribution in [3.63, 3.8) is 0 Å². The summed E-state index contributed by atoms with van der Waals surface area (Å²) in [5.74, 6) is 0. The molecule has 192 valence electrons. The molecule has 0 unspecified atom stereocenters. The molecule has 37 heavy (non-hydrogen) atoms. The molecule has 2 aliphatic rings. The minimum atomic E-state index is 0.931. The molecule has 3 aromatic rings. The van der Waals surface area contributed by atoms with Crippen LogP contribution in [0.2, 0.25) is 0 Å². The number of aromatic nitrogens is 4. The normalized spacial score (nSPS) is 13.6. The van der Waals surface area contributed by atoms with Crippen LogP contribution in [0.15, 0.2) is 24.3 Å². The third-order valence-electron chi connectivity index (χ3n) is 8.08. The average Bonchev–Trinajstić information content (AvgIpc) is 3.53. The third-order valence-corrected chi connectivity index (χ3v) is 8.08. The first-order valence-corrected chi connectivity index (χ1v) is 13.5. The largest absolute Gasteiger partial charge is 0.374 e. The molecule has 0 spiro atoms. The molecule has 5 nitrogen and oxygen atoms in total. The van der Waals surface area contributed by atoms with E-state index >= 15 is 0 Å². The van der Waals surface area contributed by atoms with Crippen molar-refractivity contribution in [1.29, 1.82) is 0 Å². The second-order valence-corrected chi connectivity index (χ2v) is 10.5. The highest BCUT2D eigenvalue weighted by Crippen LogP contribution is 2.39. The van der Waals surface area contributed by atoms with Crippen LogP contribution >= 0.6 is 0 Å². The molecule has 5 heteroatoms. The summed E-state index contributed by atoms with van der Waals surface area (Å²) in [6.45, 7) is 15.5. The zero-order chi connectivity index (χ0) is 26.6. The number of nitrogens with one attached hydrogen (secondary N) is 2. The summed E-state index contributed by atoms with van der Waals surface area (Å²) in [4.78, 5) is 20.0. The van der Waals surface area contributed by atoms with Gasteiger partial charge in [0.2, 0.25) is 0 Å².